The largest absolute Gasteiger partial charge is 0.350 e. The van der Waals surface area contributed by atoms with Crippen molar-refractivity contribution in [1.82, 2.24) is 20.0 Å². The number of carbonyl (C=O) groups is 3. The summed E-state index contributed by atoms with van der Waals surface area (Å²) < 4.78 is 0. The highest BCUT2D eigenvalue weighted by molar-refractivity contribution is 6.30. The average Bonchev–Trinajstić information content (AvgIpc) is 2.62. The molecule has 1 fully saturated rings. The molecule has 160 valence electrons. The van der Waals surface area contributed by atoms with Crippen molar-refractivity contribution in [2.45, 2.75) is 32.7 Å². The summed E-state index contributed by atoms with van der Waals surface area (Å²) in [6.07, 6.45) is 0.234. The van der Waals surface area contributed by atoms with Crippen LogP contribution in [0.4, 0.5) is 0 Å². The molecule has 0 radical (unpaired) electrons. The number of benzene rings is 1. The molecule has 1 N–H and O–H groups in total. The Kier molecular flexibility index (Phi) is 8.05. The van der Waals surface area contributed by atoms with Gasteiger partial charge in [-0.1, -0.05) is 23.7 Å². The summed E-state index contributed by atoms with van der Waals surface area (Å²) in [5, 5.41) is 3.57. The fraction of sp³-hybridized carbons (Fsp3) is 0.571. The molecule has 0 aromatic heterocycles. The van der Waals surface area contributed by atoms with E-state index in [1.165, 1.54) is 4.90 Å². The van der Waals surface area contributed by atoms with Crippen LogP contribution in [0.3, 0.4) is 0 Å². The predicted octanol–water partition coefficient (Wildman–Crippen LogP) is 1.40. The molecule has 0 bridgehead atoms. The second-order valence-corrected chi connectivity index (χ2v) is 8.94. The van der Waals surface area contributed by atoms with Crippen molar-refractivity contribution in [3.8, 4) is 0 Å². The lowest BCUT2D eigenvalue weighted by Crippen LogP contribution is -2.54. The third kappa shape index (κ3) is 8.03. The average molecular weight is 423 g/mol. The molecule has 0 spiro atoms. The van der Waals surface area contributed by atoms with Crippen molar-refractivity contribution in [1.29, 1.82) is 0 Å². The molecule has 29 heavy (non-hydrogen) atoms. The van der Waals surface area contributed by atoms with Gasteiger partial charge in [-0.15, -0.1) is 0 Å². The van der Waals surface area contributed by atoms with Crippen molar-refractivity contribution in [2.75, 3.05) is 46.3 Å². The van der Waals surface area contributed by atoms with E-state index in [1.54, 1.807) is 24.1 Å². The Hall–Kier alpha value is -2.12. The van der Waals surface area contributed by atoms with Gasteiger partial charge in [0.25, 0.3) is 0 Å². The van der Waals surface area contributed by atoms with Crippen LogP contribution in [0.25, 0.3) is 0 Å². The molecule has 1 aromatic rings. The maximum Gasteiger partial charge on any atom is 0.242 e. The van der Waals surface area contributed by atoms with Crippen molar-refractivity contribution in [3.63, 3.8) is 0 Å². The smallest absolute Gasteiger partial charge is 0.242 e. The number of amides is 3. The van der Waals surface area contributed by atoms with Crippen molar-refractivity contribution in [3.05, 3.63) is 34.9 Å². The lowest BCUT2D eigenvalue weighted by molar-refractivity contribution is -0.140. The number of piperazine rings is 1. The molecule has 8 heteroatoms. The quantitative estimate of drug-likeness (QED) is 0.752. The minimum atomic E-state index is -0.252. The number of hydrogen-bond acceptors (Lipinski definition) is 4. The Morgan fingerprint density at radius 1 is 1.07 bits per heavy atom. The zero-order chi connectivity index (χ0) is 21.6. The zero-order valence-electron chi connectivity index (χ0n) is 17.7. The van der Waals surface area contributed by atoms with E-state index in [4.69, 9.17) is 11.6 Å². The minimum absolute atomic E-state index is 0.00944. The molecule has 1 aromatic carbocycles. The molecule has 1 saturated heterocycles. The highest BCUT2D eigenvalue weighted by Gasteiger charge is 2.25. The first-order valence-electron chi connectivity index (χ1n) is 9.83. The molecule has 7 nitrogen and oxygen atoms in total. The Labute approximate surface area is 178 Å². The van der Waals surface area contributed by atoms with E-state index in [-0.39, 0.29) is 36.2 Å². The molecule has 0 atom stereocenters. The SMILES string of the molecule is CN(CC(=O)N1CCN(CC(=O)NC(C)(C)C)CC1)C(=O)Cc1ccc(Cl)cc1. The maximum atomic E-state index is 12.5. The minimum Gasteiger partial charge on any atom is -0.350 e. The van der Waals surface area contributed by atoms with Gasteiger partial charge in [0.2, 0.25) is 17.7 Å². The van der Waals surface area contributed by atoms with E-state index in [0.717, 1.165) is 5.56 Å². The van der Waals surface area contributed by atoms with Crippen molar-refractivity contribution >= 4 is 29.3 Å². The molecule has 1 aliphatic heterocycles. The number of rotatable bonds is 6. The van der Waals surface area contributed by atoms with Gasteiger partial charge >= 0.3 is 0 Å². The third-order valence-electron chi connectivity index (χ3n) is 4.67. The summed E-state index contributed by atoms with van der Waals surface area (Å²) in [5.41, 5.74) is 0.610. The van der Waals surface area contributed by atoms with Crippen LogP contribution in [-0.2, 0) is 20.8 Å². The van der Waals surface area contributed by atoms with Gasteiger partial charge in [-0.05, 0) is 38.5 Å². The number of hydrogen-bond donors (Lipinski definition) is 1. The standard InChI is InChI=1S/C21H31ClN4O3/c1-21(2,3)23-18(27)14-25-9-11-26(12-10-25)20(29)15-24(4)19(28)13-16-5-7-17(22)8-6-16/h5-8H,9-15H2,1-4H3,(H,23,27). The van der Waals surface area contributed by atoms with E-state index in [1.807, 2.05) is 37.8 Å². The van der Waals surface area contributed by atoms with E-state index in [2.05, 4.69) is 5.32 Å². The highest BCUT2D eigenvalue weighted by atomic mass is 35.5. The number of nitrogens with one attached hydrogen (secondary N) is 1. The fourth-order valence-corrected chi connectivity index (χ4v) is 3.25. The van der Waals surface area contributed by atoms with Gasteiger partial charge < -0.3 is 15.1 Å². The Bertz CT molecular complexity index is 722. The molecule has 1 heterocycles. The summed E-state index contributed by atoms with van der Waals surface area (Å²) >= 11 is 5.86. The third-order valence-corrected chi connectivity index (χ3v) is 4.93. The van der Waals surface area contributed by atoms with Crippen LogP contribution in [0.5, 0.6) is 0 Å². The first kappa shape index (κ1) is 23.2. The van der Waals surface area contributed by atoms with E-state index in [0.29, 0.717) is 37.7 Å². The second kappa shape index (κ2) is 10.1. The summed E-state index contributed by atoms with van der Waals surface area (Å²) in [5.74, 6) is -0.196. The van der Waals surface area contributed by atoms with E-state index < -0.39 is 0 Å². The first-order chi connectivity index (χ1) is 13.5. The van der Waals surface area contributed by atoms with Gasteiger partial charge in [-0.25, -0.2) is 0 Å². The first-order valence-corrected chi connectivity index (χ1v) is 10.2. The van der Waals surface area contributed by atoms with Gasteiger partial charge in [0.15, 0.2) is 0 Å². The van der Waals surface area contributed by atoms with Crippen LogP contribution in [0.15, 0.2) is 24.3 Å². The van der Waals surface area contributed by atoms with Crippen LogP contribution in [0, 0.1) is 0 Å². The van der Waals surface area contributed by atoms with Crippen LogP contribution < -0.4 is 5.32 Å². The van der Waals surface area contributed by atoms with Gasteiger partial charge in [-0.2, -0.15) is 0 Å². The second-order valence-electron chi connectivity index (χ2n) is 8.51. The van der Waals surface area contributed by atoms with Crippen molar-refractivity contribution < 1.29 is 14.4 Å². The topological polar surface area (TPSA) is 73.0 Å². The number of nitrogens with zero attached hydrogens (tertiary/aromatic N) is 3. The highest BCUT2D eigenvalue weighted by Crippen LogP contribution is 2.11. The molecule has 0 aliphatic carbocycles. The lowest BCUT2D eigenvalue weighted by Gasteiger charge is -2.35. The zero-order valence-corrected chi connectivity index (χ0v) is 18.5. The molecule has 0 saturated carbocycles. The summed E-state index contributed by atoms with van der Waals surface area (Å²) in [6.45, 7) is 8.64. The Morgan fingerprint density at radius 3 is 2.21 bits per heavy atom. The predicted molar refractivity (Wildman–Crippen MR) is 114 cm³/mol. The van der Waals surface area contributed by atoms with Gasteiger partial charge in [0, 0.05) is 43.8 Å². The molecule has 2 rings (SSSR count). The molecular formula is C21H31ClN4O3. The molecule has 0 unspecified atom stereocenters. The van der Waals surface area contributed by atoms with Gasteiger partial charge in [0.1, 0.15) is 0 Å². The number of likely N-dealkylation sites (N-methyl/N-ethyl adjacent to an activating group) is 1. The fourth-order valence-electron chi connectivity index (χ4n) is 3.12. The summed E-state index contributed by atoms with van der Waals surface area (Å²) in [7, 11) is 1.64. The van der Waals surface area contributed by atoms with Crippen LogP contribution >= 0.6 is 11.6 Å². The van der Waals surface area contributed by atoms with Crippen LogP contribution in [-0.4, -0.2) is 84.3 Å². The monoisotopic (exact) mass is 422 g/mol. The number of halogens is 1. The van der Waals surface area contributed by atoms with Crippen molar-refractivity contribution in [2.24, 2.45) is 0 Å². The summed E-state index contributed by atoms with van der Waals surface area (Å²) in [4.78, 5) is 42.2. The Balaban J connectivity index is 1.75. The van der Waals surface area contributed by atoms with E-state index >= 15 is 0 Å². The Morgan fingerprint density at radius 2 is 1.66 bits per heavy atom. The maximum absolute atomic E-state index is 12.5. The summed E-state index contributed by atoms with van der Waals surface area (Å²) in [6, 6.07) is 7.11. The van der Waals surface area contributed by atoms with Gasteiger partial charge in [-0.3, -0.25) is 19.3 Å². The molecule has 3 amide bonds. The van der Waals surface area contributed by atoms with Crippen LogP contribution in [0.2, 0.25) is 5.02 Å². The van der Waals surface area contributed by atoms with E-state index in [9.17, 15) is 14.4 Å². The van der Waals surface area contributed by atoms with Gasteiger partial charge in [0.05, 0.1) is 19.5 Å². The lowest BCUT2D eigenvalue weighted by atomic mass is 10.1. The normalized spacial score (nSPS) is 15.1. The van der Waals surface area contributed by atoms with Crippen LogP contribution in [0.1, 0.15) is 26.3 Å². The molecule has 1 aliphatic rings. The molecular weight excluding hydrogens is 392 g/mol. The number of carbonyl (C=O) groups excluding carboxylic acids is 3.